The van der Waals surface area contributed by atoms with E-state index in [4.69, 9.17) is 9.47 Å². The number of fused-ring (bicyclic) bond motifs is 1. The Morgan fingerprint density at radius 1 is 1.19 bits per heavy atom. The van der Waals surface area contributed by atoms with Gasteiger partial charge in [0.25, 0.3) is 5.91 Å². The van der Waals surface area contributed by atoms with E-state index in [1.54, 1.807) is 30.6 Å². The molecule has 1 aliphatic rings. The Morgan fingerprint density at radius 3 is 2.92 bits per heavy atom. The number of hydrogen-bond donors (Lipinski definition) is 1. The Hall–Kier alpha value is -2.99. The summed E-state index contributed by atoms with van der Waals surface area (Å²) in [4.78, 5) is 21.1. The SMILES string of the molecule is Cc1ccnc2ccc(C(=O)Nc3ccnc(OC4CCOC4)c3)cc12. The summed E-state index contributed by atoms with van der Waals surface area (Å²) in [5.41, 5.74) is 3.18. The number of amides is 1. The van der Waals surface area contributed by atoms with E-state index in [9.17, 15) is 4.79 Å². The summed E-state index contributed by atoms with van der Waals surface area (Å²) in [6.07, 6.45) is 4.26. The molecule has 1 atom stereocenters. The number of pyridine rings is 2. The van der Waals surface area contributed by atoms with Crippen LogP contribution < -0.4 is 10.1 Å². The summed E-state index contributed by atoms with van der Waals surface area (Å²) in [5.74, 6) is 0.299. The molecule has 1 amide bonds. The van der Waals surface area contributed by atoms with Crippen LogP contribution in [0.2, 0.25) is 0 Å². The maximum atomic E-state index is 12.6. The number of anilines is 1. The van der Waals surface area contributed by atoms with Crippen molar-refractivity contribution in [3.63, 3.8) is 0 Å². The fourth-order valence-electron chi connectivity index (χ4n) is 2.96. The Bertz CT molecular complexity index is 952. The van der Waals surface area contributed by atoms with E-state index >= 15 is 0 Å². The molecule has 1 N–H and O–H groups in total. The Morgan fingerprint density at radius 2 is 2.08 bits per heavy atom. The van der Waals surface area contributed by atoms with Crippen LogP contribution in [0.15, 0.2) is 48.8 Å². The standard InChI is InChI=1S/C20H19N3O3/c1-13-4-7-21-18-3-2-14(10-17(13)18)20(24)23-15-5-8-22-19(11-15)26-16-6-9-25-12-16/h2-5,7-8,10-11,16H,6,9,12H2,1H3,(H,22,23,24). The summed E-state index contributed by atoms with van der Waals surface area (Å²) in [5, 5.41) is 3.87. The monoisotopic (exact) mass is 349 g/mol. The number of benzene rings is 1. The van der Waals surface area contributed by atoms with E-state index in [1.807, 2.05) is 25.1 Å². The van der Waals surface area contributed by atoms with E-state index in [0.717, 1.165) is 22.9 Å². The Labute approximate surface area is 151 Å². The number of aryl methyl sites for hydroxylation is 1. The second kappa shape index (κ2) is 7.09. The third kappa shape index (κ3) is 3.50. The van der Waals surface area contributed by atoms with Crippen LogP contribution in [0.25, 0.3) is 10.9 Å². The molecule has 6 nitrogen and oxygen atoms in total. The van der Waals surface area contributed by atoms with Gasteiger partial charge in [-0.25, -0.2) is 4.98 Å². The quantitative estimate of drug-likeness (QED) is 0.782. The minimum atomic E-state index is -0.184. The smallest absolute Gasteiger partial charge is 0.255 e. The van der Waals surface area contributed by atoms with Crippen LogP contribution in [-0.4, -0.2) is 35.2 Å². The highest BCUT2D eigenvalue weighted by atomic mass is 16.5. The molecule has 26 heavy (non-hydrogen) atoms. The molecule has 0 bridgehead atoms. The fraction of sp³-hybridized carbons (Fsp3) is 0.250. The topological polar surface area (TPSA) is 73.3 Å². The molecular formula is C20H19N3O3. The summed E-state index contributed by atoms with van der Waals surface area (Å²) >= 11 is 0. The molecule has 3 heterocycles. The molecular weight excluding hydrogens is 330 g/mol. The zero-order chi connectivity index (χ0) is 17.9. The maximum Gasteiger partial charge on any atom is 0.255 e. The zero-order valence-corrected chi connectivity index (χ0v) is 14.4. The first kappa shape index (κ1) is 16.5. The molecule has 132 valence electrons. The summed E-state index contributed by atoms with van der Waals surface area (Å²) in [6, 6.07) is 10.9. The first-order chi connectivity index (χ1) is 12.7. The van der Waals surface area contributed by atoms with Gasteiger partial charge >= 0.3 is 0 Å². The highest BCUT2D eigenvalue weighted by Gasteiger charge is 2.18. The second-order valence-corrected chi connectivity index (χ2v) is 6.30. The van der Waals surface area contributed by atoms with Crippen LogP contribution >= 0.6 is 0 Å². The molecule has 0 spiro atoms. The predicted molar refractivity (Wildman–Crippen MR) is 98.5 cm³/mol. The van der Waals surface area contributed by atoms with E-state index in [0.29, 0.717) is 30.3 Å². The van der Waals surface area contributed by atoms with Crippen molar-refractivity contribution in [1.29, 1.82) is 0 Å². The number of carbonyl (C=O) groups excluding carboxylic acids is 1. The average molecular weight is 349 g/mol. The van der Waals surface area contributed by atoms with E-state index in [1.165, 1.54) is 0 Å². The number of carbonyl (C=O) groups is 1. The van der Waals surface area contributed by atoms with Crippen LogP contribution in [0.3, 0.4) is 0 Å². The van der Waals surface area contributed by atoms with Crippen LogP contribution in [0.1, 0.15) is 22.3 Å². The lowest BCUT2D eigenvalue weighted by Gasteiger charge is -2.12. The van der Waals surface area contributed by atoms with Gasteiger partial charge in [0, 0.05) is 41.5 Å². The number of hydrogen-bond acceptors (Lipinski definition) is 5. The molecule has 0 aliphatic carbocycles. The molecule has 4 rings (SSSR count). The van der Waals surface area contributed by atoms with E-state index < -0.39 is 0 Å². The third-order valence-electron chi connectivity index (χ3n) is 4.39. The molecule has 1 aliphatic heterocycles. The number of nitrogens with one attached hydrogen (secondary N) is 1. The predicted octanol–water partition coefficient (Wildman–Crippen LogP) is 3.36. The van der Waals surface area contributed by atoms with Gasteiger partial charge in [0.1, 0.15) is 6.10 Å². The number of nitrogens with zero attached hydrogens (tertiary/aromatic N) is 2. The summed E-state index contributed by atoms with van der Waals surface area (Å²) in [7, 11) is 0. The average Bonchev–Trinajstić information content (AvgIpc) is 3.15. The highest BCUT2D eigenvalue weighted by molar-refractivity contribution is 6.06. The van der Waals surface area contributed by atoms with Crippen molar-refractivity contribution >= 4 is 22.5 Å². The molecule has 1 aromatic carbocycles. The maximum absolute atomic E-state index is 12.6. The lowest BCUT2D eigenvalue weighted by Crippen LogP contribution is -2.17. The highest BCUT2D eigenvalue weighted by Crippen LogP contribution is 2.21. The van der Waals surface area contributed by atoms with Crippen molar-refractivity contribution in [2.24, 2.45) is 0 Å². The summed E-state index contributed by atoms with van der Waals surface area (Å²) in [6.45, 7) is 3.28. The van der Waals surface area contributed by atoms with Gasteiger partial charge in [-0.1, -0.05) is 0 Å². The molecule has 0 radical (unpaired) electrons. The third-order valence-corrected chi connectivity index (χ3v) is 4.39. The largest absolute Gasteiger partial charge is 0.472 e. The van der Waals surface area contributed by atoms with E-state index in [2.05, 4.69) is 15.3 Å². The van der Waals surface area contributed by atoms with Crippen LogP contribution in [0.5, 0.6) is 5.88 Å². The first-order valence-electron chi connectivity index (χ1n) is 8.56. The molecule has 0 saturated carbocycles. The minimum Gasteiger partial charge on any atom is -0.472 e. The van der Waals surface area contributed by atoms with Crippen molar-refractivity contribution in [1.82, 2.24) is 9.97 Å². The van der Waals surface area contributed by atoms with Crippen molar-refractivity contribution < 1.29 is 14.3 Å². The van der Waals surface area contributed by atoms with Gasteiger partial charge in [-0.05, 0) is 42.8 Å². The molecule has 1 fully saturated rings. The van der Waals surface area contributed by atoms with Crippen molar-refractivity contribution in [3.8, 4) is 5.88 Å². The normalized spacial score (nSPS) is 16.6. The summed E-state index contributed by atoms with van der Waals surface area (Å²) < 4.78 is 11.1. The molecule has 6 heteroatoms. The van der Waals surface area contributed by atoms with Gasteiger partial charge in [0.2, 0.25) is 5.88 Å². The van der Waals surface area contributed by atoms with Crippen molar-refractivity contribution in [3.05, 3.63) is 59.9 Å². The molecule has 2 aromatic heterocycles. The molecule has 3 aromatic rings. The number of aromatic nitrogens is 2. The fourth-order valence-corrected chi connectivity index (χ4v) is 2.96. The first-order valence-corrected chi connectivity index (χ1v) is 8.56. The lowest BCUT2D eigenvalue weighted by molar-refractivity contribution is 0.102. The van der Waals surface area contributed by atoms with Gasteiger partial charge in [-0.15, -0.1) is 0 Å². The van der Waals surface area contributed by atoms with Gasteiger partial charge in [-0.3, -0.25) is 9.78 Å². The van der Waals surface area contributed by atoms with Crippen LogP contribution in [0, 0.1) is 6.92 Å². The molecule has 1 unspecified atom stereocenters. The van der Waals surface area contributed by atoms with Gasteiger partial charge < -0.3 is 14.8 Å². The van der Waals surface area contributed by atoms with Crippen LogP contribution in [-0.2, 0) is 4.74 Å². The Balaban J connectivity index is 1.51. The Kier molecular flexibility index (Phi) is 4.50. The van der Waals surface area contributed by atoms with Gasteiger partial charge in [0.05, 0.1) is 18.7 Å². The van der Waals surface area contributed by atoms with Gasteiger partial charge in [0.15, 0.2) is 0 Å². The minimum absolute atomic E-state index is 0.0180. The number of ether oxygens (including phenoxy) is 2. The van der Waals surface area contributed by atoms with E-state index in [-0.39, 0.29) is 12.0 Å². The number of rotatable bonds is 4. The van der Waals surface area contributed by atoms with Gasteiger partial charge in [-0.2, -0.15) is 0 Å². The lowest BCUT2D eigenvalue weighted by atomic mass is 10.1. The molecule has 1 saturated heterocycles. The van der Waals surface area contributed by atoms with Crippen molar-refractivity contribution in [2.75, 3.05) is 18.5 Å². The zero-order valence-electron chi connectivity index (χ0n) is 14.4. The second-order valence-electron chi connectivity index (χ2n) is 6.30. The van der Waals surface area contributed by atoms with Crippen molar-refractivity contribution in [2.45, 2.75) is 19.4 Å². The van der Waals surface area contributed by atoms with Crippen LogP contribution in [0.4, 0.5) is 5.69 Å².